The van der Waals surface area contributed by atoms with Crippen LogP contribution in [0.2, 0.25) is 0 Å². The van der Waals surface area contributed by atoms with Gasteiger partial charge in [-0.2, -0.15) is 0 Å². The minimum absolute atomic E-state index is 0.0639. The van der Waals surface area contributed by atoms with Crippen molar-refractivity contribution < 1.29 is 28.8 Å². The average Bonchev–Trinajstić information content (AvgIpc) is 2.87. The molecule has 0 heterocycles. The summed E-state index contributed by atoms with van der Waals surface area (Å²) >= 11 is 0. The summed E-state index contributed by atoms with van der Waals surface area (Å²) in [5.41, 5.74) is 4.40. The number of hydrogen-bond acceptors (Lipinski definition) is 6. The number of methoxy groups -OCH3 is 4. The van der Waals surface area contributed by atoms with Crippen molar-refractivity contribution in [3.63, 3.8) is 0 Å². The second kappa shape index (κ2) is 6.78. The first-order valence-corrected chi connectivity index (χ1v) is 9.07. The van der Waals surface area contributed by atoms with Gasteiger partial charge in [-0.1, -0.05) is 6.07 Å². The largest absolute Gasteiger partial charge is 0.504 e. The van der Waals surface area contributed by atoms with E-state index in [1.165, 1.54) is 21.3 Å². The summed E-state index contributed by atoms with van der Waals surface area (Å²) in [6, 6.07) is 5.44. The number of Topliss-reactive ketones (excluding diaryl/α,β-unsaturated/α-hetero) is 1. The van der Waals surface area contributed by atoms with Crippen LogP contribution in [0.15, 0.2) is 23.8 Å². The van der Waals surface area contributed by atoms with Gasteiger partial charge in [-0.25, -0.2) is 0 Å². The Morgan fingerprint density at radius 3 is 2.21 bits per heavy atom. The molecule has 6 heteroatoms. The molecule has 0 saturated carbocycles. The number of rotatable bonds is 4. The molecular formula is C22H22O6. The second-order valence-electron chi connectivity index (χ2n) is 6.75. The zero-order valence-electron chi connectivity index (χ0n) is 16.3. The van der Waals surface area contributed by atoms with Crippen LogP contribution in [0.1, 0.15) is 39.9 Å². The number of allylic oxidation sites excluding steroid dienone is 1. The fourth-order valence-corrected chi connectivity index (χ4v) is 4.26. The van der Waals surface area contributed by atoms with Crippen molar-refractivity contribution >= 4 is 11.4 Å². The molecular weight excluding hydrogens is 360 g/mol. The van der Waals surface area contributed by atoms with Crippen LogP contribution in [0.25, 0.3) is 5.57 Å². The first kappa shape index (κ1) is 18.2. The molecule has 2 aromatic carbocycles. The van der Waals surface area contributed by atoms with Crippen LogP contribution in [0.3, 0.4) is 0 Å². The van der Waals surface area contributed by atoms with E-state index in [4.69, 9.17) is 18.9 Å². The predicted molar refractivity (Wildman–Crippen MR) is 104 cm³/mol. The monoisotopic (exact) mass is 382 g/mol. The molecule has 6 nitrogen and oxygen atoms in total. The van der Waals surface area contributed by atoms with Gasteiger partial charge in [0.1, 0.15) is 0 Å². The highest BCUT2D eigenvalue weighted by Gasteiger charge is 2.38. The number of phenolic OH excluding ortho intramolecular Hbond substituents is 1. The maximum absolute atomic E-state index is 13.3. The third-order valence-corrected chi connectivity index (χ3v) is 5.49. The van der Waals surface area contributed by atoms with Crippen LogP contribution in [0.4, 0.5) is 0 Å². The molecule has 0 atom stereocenters. The lowest BCUT2D eigenvalue weighted by atomic mass is 9.92. The number of benzene rings is 2. The summed E-state index contributed by atoms with van der Waals surface area (Å²) in [6.45, 7) is 0. The van der Waals surface area contributed by atoms with Gasteiger partial charge in [0.2, 0.25) is 5.75 Å². The molecule has 0 amide bonds. The van der Waals surface area contributed by atoms with Crippen molar-refractivity contribution in [3.05, 3.63) is 46.0 Å². The number of phenols is 1. The van der Waals surface area contributed by atoms with E-state index < -0.39 is 0 Å². The Morgan fingerprint density at radius 2 is 1.57 bits per heavy atom. The Hall–Kier alpha value is -3.15. The third-order valence-electron chi connectivity index (χ3n) is 5.49. The number of fused-ring (bicyclic) bond motifs is 4. The Bertz CT molecular complexity index is 1020. The van der Waals surface area contributed by atoms with E-state index in [-0.39, 0.29) is 11.5 Å². The van der Waals surface area contributed by atoms with Gasteiger partial charge >= 0.3 is 0 Å². The molecule has 0 fully saturated rings. The molecule has 146 valence electrons. The fourth-order valence-electron chi connectivity index (χ4n) is 4.26. The minimum atomic E-state index is -0.0639. The van der Waals surface area contributed by atoms with Gasteiger partial charge < -0.3 is 24.1 Å². The van der Waals surface area contributed by atoms with Crippen LogP contribution in [-0.4, -0.2) is 39.3 Å². The smallest absolute Gasteiger partial charge is 0.204 e. The first-order valence-electron chi connectivity index (χ1n) is 9.07. The molecule has 0 radical (unpaired) electrons. The molecule has 0 unspecified atom stereocenters. The predicted octanol–water partition coefficient (Wildman–Crippen LogP) is 3.76. The molecule has 28 heavy (non-hydrogen) atoms. The summed E-state index contributed by atoms with van der Waals surface area (Å²) in [5.74, 6) is 1.75. The maximum Gasteiger partial charge on any atom is 0.204 e. The zero-order valence-corrected chi connectivity index (χ0v) is 16.3. The molecule has 0 saturated heterocycles. The van der Waals surface area contributed by atoms with Crippen LogP contribution in [-0.2, 0) is 6.42 Å². The molecule has 2 aromatic rings. The highest BCUT2D eigenvalue weighted by molar-refractivity contribution is 6.25. The molecule has 4 rings (SSSR count). The topological polar surface area (TPSA) is 74.2 Å². The van der Waals surface area contributed by atoms with Gasteiger partial charge in [0.05, 0.1) is 34.0 Å². The summed E-state index contributed by atoms with van der Waals surface area (Å²) in [5, 5.41) is 10.7. The van der Waals surface area contributed by atoms with E-state index in [1.807, 2.05) is 12.1 Å². The third kappa shape index (κ3) is 2.37. The van der Waals surface area contributed by atoms with Crippen molar-refractivity contribution in [1.29, 1.82) is 0 Å². The molecule has 0 bridgehead atoms. The van der Waals surface area contributed by atoms with E-state index in [0.29, 0.717) is 41.4 Å². The van der Waals surface area contributed by atoms with Gasteiger partial charge in [0.15, 0.2) is 28.8 Å². The minimum Gasteiger partial charge on any atom is -0.504 e. The standard InChI is InChI=1S/C22H22O6/c1-25-15-9-8-11-12(19(15)23)6-5-7-13-17(11)14-10-16(26-2)21(27-3)22(28-4)18(14)20(13)24/h8-10,23H,5-7H2,1-4H3. The molecule has 0 aliphatic heterocycles. The van der Waals surface area contributed by atoms with Crippen molar-refractivity contribution in [3.8, 4) is 28.7 Å². The lowest BCUT2D eigenvalue weighted by Gasteiger charge is -2.18. The number of ether oxygens (including phenoxy) is 4. The van der Waals surface area contributed by atoms with Crippen molar-refractivity contribution in [2.75, 3.05) is 28.4 Å². The Labute approximate surface area is 163 Å². The molecule has 0 spiro atoms. The quantitative estimate of drug-likeness (QED) is 0.868. The van der Waals surface area contributed by atoms with Crippen molar-refractivity contribution in [2.45, 2.75) is 19.3 Å². The van der Waals surface area contributed by atoms with E-state index in [2.05, 4.69) is 0 Å². The normalized spacial score (nSPS) is 14.8. The summed E-state index contributed by atoms with van der Waals surface area (Å²) in [6.07, 6.45) is 2.04. The summed E-state index contributed by atoms with van der Waals surface area (Å²) in [4.78, 5) is 13.3. The van der Waals surface area contributed by atoms with Crippen LogP contribution >= 0.6 is 0 Å². The molecule has 0 aromatic heterocycles. The molecule has 2 aliphatic rings. The molecule has 1 N–H and O–H groups in total. The number of carbonyl (C=O) groups is 1. The van der Waals surface area contributed by atoms with Crippen LogP contribution in [0, 0.1) is 0 Å². The Morgan fingerprint density at radius 1 is 0.857 bits per heavy atom. The van der Waals surface area contributed by atoms with Crippen molar-refractivity contribution in [2.24, 2.45) is 0 Å². The molecule has 2 aliphatic carbocycles. The highest BCUT2D eigenvalue weighted by atomic mass is 16.5. The Kier molecular flexibility index (Phi) is 4.41. The highest BCUT2D eigenvalue weighted by Crippen LogP contribution is 2.53. The van der Waals surface area contributed by atoms with E-state index in [9.17, 15) is 9.90 Å². The zero-order chi connectivity index (χ0) is 20.0. The van der Waals surface area contributed by atoms with Crippen LogP contribution < -0.4 is 18.9 Å². The lowest BCUT2D eigenvalue weighted by Crippen LogP contribution is -2.05. The first-order chi connectivity index (χ1) is 13.6. The SMILES string of the molecule is COc1ccc2c(c1O)CCCC1=C2c2cc(OC)c(OC)c(OC)c2C1=O. The number of hydrogen-bond donors (Lipinski definition) is 1. The van der Waals surface area contributed by atoms with E-state index in [1.54, 1.807) is 13.2 Å². The van der Waals surface area contributed by atoms with Crippen LogP contribution in [0.5, 0.6) is 28.7 Å². The summed E-state index contributed by atoms with van der Waals surface area (Å²) in [7, 11) is 6.11. The van der Waals surface area contributed by atoms with E-state index >= 15 is 0 Å². The second-order valence-corrected chi connectivity index (χ2v) is 6.75. The average molecular weight is 382 g/mol. The number of aromatic hydroxyl groups is 1. The van der Waals surface area contributed by atoms with Crippen molar-refractivity contribution in [1.82, 2.24) is 0 Å². The van der Waals surface area contributed by atoms with Gasteiger partial charge in [0, 0.05) is 16.7 Å². The van der Waals surface area contributed by atoms with E-state index in [0.717, 1.165) is 34.3 Å². The van der Waals surface area contributed by atoms with Gasteiger partial charge in [-0.05, 0) is 42.5 Å². The fraction of sp³-hybridized carbons (Fsp3) is 0.318. The number of ketones is 1. The Balaban J connectivity index is 2.04. The number of carbonyl (C=O) groups excluding carboxylic acids is 1. The maximum atomic E-state index is 13.3. The van der Waals surface area contributed by atoms with Gasteiger partial charge in [0.25, 0.3) is 0 Å². The van der Waals surface area contributed by atoms with Gasteiger partial charge in [-0.15, -0.1) is 0 Å². The lowest BCUT2D eigenvalue weighted by molar-refractivity contribution is 0.103. The summed E-state index contributed by atoms with van der Waals surface area (Å²) < 4.78 is 21.8. The van der Waals surface area contributed by atoms with Gasteiger partial charge in [-0.3, -0.25) is 4.79 Å².